The summed E-state index contributed by atoms with van der Waals surface area (Å²) in [4.78, 5) is 17.2. The maximum Gasteiger partial charge on any atom is 0.267 e. The predicted molar refractivity (Wildman–Crippen MR) is 115 cm³/mol. The molecule has 1 N–H and O–H groups in total. The molecule has 9 nitrogen and oxygen atoms in total. The minimum absolute atomic E-state index is 0.167. The molecule has 4 aromatic rings. The third-order valence-electron chi connectivity index (χ3n) is 5.39. The summed E-state index contributed by atoms with van der Waals surface area (Å²) in [5, 5.41) is 12.5. The Kier molecular flexibility index (Phi) is 4.87. The maximum absolute atomic E-state index is 12.7. The zero-order chi connectivity index (χ0) is 21.4. The number of aromatic nitrogens is 5. The lowest BCUT2D eigenvalue weighted by atomic mass is 10.1. The predicted octanol–water partition coefficient (Wildman–Crippen LogP) is 2.32. The first-order chi connectivity index (χ1) is 15.1. The molecule has 1 fully saturated rings. The Balaban J connectivity index is 1.48. The highest BCUT2D eigenvalue weighted by molar-refractivity contribution is 5.68. The lowest BCUT2D eigenvalue weighted by Crippen LogP contribution is -2.37. The Morgan fingerprint density at radius 2 is 2.06 bits per heavy atom. The van der Waals surface area contributed by atoms with Crippen LogP contribution in [-0.2, 0) is 4.74 Å². The lowest BCUT2D eigenvalue weighted by molar-refractivity contribution is 0.183. The second-order valence-corrected chi connectivity index (χ2v) is 7.48. The number of hydrogen-bond donors (Lipinski definition) is 1. The molecular formula is C22H22N6O3. The molecule has 5 rings (SSSR count). The van der Waals surface area contributed by atoms with Crippen LogP contribution in [0.4, 0.5) is 5.82 Å². The summed E-state index contributed by atoms with van der Waals surface area (Å²) in [7, 11) is 1.62. The molecule has 4 heterocycles. The van der Waals surface area contributed by atoms with E-state index in [1.165, 1.54) is 10.7 Å². The van der Waals surface area contributed by atoms with Crippen LogP contribution >= 0.6 is 0 Å². The molecule has 0 spiro atoms. The van der Waals surface area contributed by atoms with Crippen LogP contribution in [0.25, 0.3) is 16.8 Å². The molecule has 3 aromatic heterocycles. The maximum atomic E-state index is 12.7. The van der Waals surface area contributed by atoms with Crippen molar-refractivity contribution in [1.29, 1.82) is 0 Å². The van der Waals surface area contributed by atoms with E-state index in [-0.39, 0.29) is 17.6 Å². The quantitative estimate of drug-likeness (QED) is 0.531. The summed E-state index contributed by atoms with van der Waals surface area (Å²) < 4.78 is 14.3. The Hall–Kier alpha value is -3.72. The van der Waals surface area contributed by atoms with Crippen LogP contribution in [0, 0.1) is 6.92 Å². The largest absolute Gasteiger partial charge is 0.497 e. The Morgan fingerprint density at radius 1 is 1.16 bits per heavy atom. The van der Waals surface area contributed by atoms with Gasteiger partial charge in [0.05, 0.1) is 37.8 Å². The fourth-order valence-corrected chi connectivity index (χ4v) is 3.85. The van der Waals surface area contributed by atoms with E-state index in [1.54, 1.807) is 30.1 Å². The first-order valence-electron chi connectivity index (χ1n) is 10.0. The van der Waals surface area contributed by atoms with Crippen LogP contribution in [0.1, 0.15) is 11.7 Å². The average Bonchev–Trinajstić information content (AvgIpc) is 3.40. The third kappa shape index (κ3) is 3.64. The molecule has 1 aromatic carbocycles. The second-order valence-electron chi connectivity index (χ2n) is 7.48. The van der Waals surface area contributed by atoms with Crippen molar-refractivity contribution in [3.8, 4) is 17.0 Å². The van der Waals surface area contributed by atoms with E-state index in [1.807, 2.05) is 37.3 Å². The molecule has 1 aliphatic rings. The van der Waals surface area contributed by atoms with E-state index < -0.39 is 0 Å². The molecule has 0 radical (unpaired) electrons. The fraction of sp³-hybridized carbons (Fsp3) is 0.273. The van der Waals surface area contributed by atoms with Crippen LogP contribution in [0.15, 0.2) is 59.7 Å². The van der Waals surface area contributed by atoms with Gasteiger partial charge in [-0.05, 0) is 31.2 Å². The van der Waals surface area contributed by atoms with Gasteiger partial charge in [0.2, 0.25) is 0 Å². The van der Waals surface area contributed by atoms with Crippen molar-refractivity contribution >= 4 is 11.3 Å². The average molecular weight is 418 g/mol. The number of aryl methyl sites for hydroxylation is 1. The highest BCUT2D eigenvalue weighted by Crippen LogP contribution is 2.25. The monoisotopic (exact) mass is 418 g/mol. The van der Waals surface area contributed by atoms with Gasteiger partial charge in [-0.2, -0.15) is 10.2 Å². The van der Waals surface area contributed by atoms with E-state index in [0.717, 1.165) is 22.5 Å². The first kappa shape index (κ1) is 19.3. The second kappa shape index (κ2) is 7.84. The molecule has 0 saturated carbocycles. The summed E-state index contributed by atoms with van der Waals surface area (Å²) in [6, 6.07) is 12.4. The topological polar surface area (TPSA) is 95.6 Å². The van der Waals surface area contributed by atoms with Crippen molar-refractivity contribution in [3.05, 3.63) is 70.9 Å². The van der Waals surface area contributed by atoms with Gasteiger partial charge in [0, 0.05) is 24.0 Å². The SMILES string of the molecule is COc1cccc(-c2ccc(=O)n(C3COCC3Nc3nccn4nc(C)cc34)n2)c1. The van der Waals surface area contributed by atoms with Gasteiger partial charge < -0.3 is 14.8 Å². The molecular weight excluding hydrogens is 396 g/mol. The number of fused-ring (bicyclic) bond motifs is 1. The number of hydrogen-bond acceptors (Lipinski definition) is 7. The number of rotatable bonds is 5. The van der Waals surface area contributed by atoms with Crippen molar-refractivity contribution in [3.63, 3.8) is 0 Å². The van der Waals surface area contributed by atoms with Crippen molar-refractivity contribution in [2.24, 2.45) is 0 Å². The lowest BCUT2D eigenvalue weighted by Gasteiger charge is -2.21. The molecule has 0 amide bonds. The van der Waals surface area contributed by atoms with Crippen molar-refractivity contribution < 1.29 is 9.47 Å². The number of benzene rings is 1. The fourth-order valence-electron chi connectivity index (χ4n) is 3.85. The molecule has 158 valence electrons. The number of ether oxygens (including phenoxy) is 2. The minimum Gasteiger partial charge on any atom is -0.497 e. The van der Waals surface area contributed by atoms with Crippen LogP contribution in [0.5, 0.6) is 5.75 Å². The van der Waals surface area contributed by atoms with Crippen LogP contribution in [0.2, 0.25) is 0 Å². The zero-order valence-corrected chi connectivity index (χ0v) is 17.2. The van der Waals surface area contributed by atoms with Crippen molar-refractivity contribution in [1.82, 2.24) is 24.4 Å². The van der Waals surface area contributed by atoms with E-state index in [4.69, 9.17) is 9.47 Å². The number of nitrogens with one attached hydrogen (secondary N) is 1. The van der Waals surface area contributed by atoms with Gasteiger partial charge in [-0.25, -0.2) is 14.2 Å². The van der Waals surface area contributed by atoms with Crippen molar-refractivity contribution in [2.45, 2.75) is 19.0 Å². The molecule has 1 saturated heterocycles. The summed E-state index contributed by atoms with van der Waals surface area (Å²) in [6.07, 6.45) is 3.50. The number of anilines is 1. The molecule has 9 heteroatoms. The Labute approximate surface area is 178 Å². The highest BCUT2D eigenvalue weighted by atomic mass is 16.5. The molecule has 0 bridgehead atoms. The van der Waals surface area contributed by atoms with Gasteiger partial charge >= 0.3 is 0 Å². The number of nitrogens with zero attached hydrogens (tertiary/aromatic N) is 5. The summed E-state index contributed by atoms with van der Waals surface area (Å²) in [6.45, 7) is 2.76. The molecule has 2 unspecified atom stereocenters. The Bertz CT molecular complexity index is 1300. The summed E-state index contributed by atoms with van der Waals surface area (Å²) in [5.74, 6) is 1.43. The first-order valence-corrected chi connectivity index (χ1v) is 10.0. The molecule has 1 aliphatic heterocycles. The van der Waals surface area contributed by atoms with Crippen LogP contribution in [-0.4, -0.2) is 50.7 Å². The molecule has 2 atom stereocenters. The van der Waals surface area contributed by atoms with E-state index >= 15 is 0 Å². The van der Waals surface area contributed by atoms with Gasteiger partial charge in [0.1, 0.15) is 17.3 Å². The molecule has 0 aliphatic carbocycles. The summed E-state index contributed by atoms with van der Waals surface area (Å²) in [5.41, 5.74) is 3.16. The van der Waals surface area contributed by atoms with E-state index in [0.29, 0.717) is 24.7 Å². The molecule has 31 heavy (non-hydrogen) atoms. The van der Waals surface area contributed by atoms with Gasteiger partial charge in [-0.15, -0.1) is 0 Å². The number of methoxy groups -OCH3 is 1. The normalized spacial score (nSPS) is 18.4. The van der Waals surface area contributed by atoms with Gasteiger partial charge in [0.15, 0.2) is 5.82 Å². The van der Waals surface area contributed by atoms with Gasteiger partial charge in [0.25, 0.3) is 5.56 Å². The Morgan fingerprint density at radius 3 is 2.94 bits per heavy atom. The zero-order valence-electron chi connectivity index (χ0n) is 17.2. The summed E-state index contributed by atoms with van der Waals surface area (Å²) >= 11 is 0. The van der Waals surface area contributed by atoms with Crippen LogP contribution in [0.3, 0.4) is 0 Å². The van der Waals surface area contributed by atoms with E-state index in [9.17, 15) is 4.79 Å². The van der Waals surface area contributed by atoms with Gasteiger partial charge in [-0.1, -0.05) is 12.1 Å². The van der Waals surface area contributed by atoms with Crippen molar-refractivity contribution in [2.75, 3.05) is 25.6 Å². The van der Waals surface area contributed by atoms with E-state index in [2.05, 4.69) is 20.5 Å². The standard InChI is InChI=1S/C22H22N6O3/c1-14-10-19-22(23-8-9-27(19)25-14)24-18-12-31-13-20(18)28-21(29)7-6-17(26-28)15-4-3-5-16(11-15)30-2/h3-11,18,20H,12-13H2,1-2H3,(H,23,24). The minimum atomic E-state index is -0.274. The highest BCUT2D eigenvalue weighted by Gasteiger charge is 2.32. The smallest absolute Gasteiger partial charge is 0.267 e. The van der Waals surface area contributed by atoms with Gasteiger partial charge in [-0.3, -0.25) is 4.79 Å². The third-order valence-corrected chi connectivity index (χ3v) is 5.39. The van der Waals surface area contributed by atoms with Crippen LogP contribution < -0.4 is 15.6 Å².